The lowest BCUT2D eigenvalue weighted by atomic mass is 10.0. The van der Waals surface area contributed by atoms with Gasteiger partial charge in [-0.15, -0.1) is 0 Å². The van der Waals surface area contributed by atoms with Crippen molar-refractivity contribution in [3.63, 3.8) is 0 Å². The third kappa shape index (κ3) is 25.6. The van der Waals surface area contributed by atoms with Crippen molar-refractivity contribution in [2.24, 2.45) is 5.73 Å². The number of guanidine groups is 1. The highest BCUT2D eigenvalue weighted by Crippen LogP contribution is 2.13. The van der Waals surface area contributed by atoms with E-state index in [9.17, 15) is 9.59 Å². The molecular formula is C30H61N5O2. The summed E-state index contributed by atoms with van der Waals surface area (Å²) in [5.74, 6) is -0.215. The van der Waals surface area contributed by atoms with E-state index in [0.717, 1.165) is 25.7 Å². The van der Waals surface area contributed by atoms with E-state index in [0.29, 0.717) is 32.4 Å². The summed E-state index contributed by atoms with van der Waals surface area (Å²) in [4.78, 5) is 25.2. The van der Waals surface area contributed by atoms with Crippen LogP contribution in [0.25, 0.3) is 0 Å². The van der Waals surface area contributed by atoms with Crippen molar-refractivity contribution < 1.29 is 9.59 Å². The maximum absolute atomic E-state index is 12.7. The molecule has 7 nitrogen and oxygen atoms in total. The molecule has 0 radical (unpaired) electrons. The Morgan fingerprint density at radius 3 is 1.54 bits per heavy atom. The van der Waals surface area contributed by atoms with Crippen LogP contribution in [0.2, 0.25) is 0 Å². The fraction of sp³-hybridized carbons (Fsp3) is 0.900. The quantitative estimate of drug-likeness (QED) is 0.0468. The Morgan fingerprint density at radius 2 is 1.05 bits per heavy atom. The van der Waals surface area contributed by atoms with Crippen LogP contribution >= 0.6 is 0 Å². The molecule has 0 saturated heterocycles. The molecule has 2 amide bonds. The predicted octanol–water partition coefficient (Wildman–Crippen LogP) is 6.69. The van der Waals surface area contributed by atoms with Crippen LogP contribution in [0.3, 0.4) is 0 Å². The lowest BCUT2D eigenvalue weighted by Crippen LogP contribution is -2.47. The Balaban J connectivity index is 4.04. The second-order valence-electron chi connectivity index (χ2n) is 10.7. The standard InChI is InChI=1S/C30H61N5O2/c1-3-5-7-9-11-12-13-14-15-16-17-18-20-24-28(36)35-27(23-22-26-34-30(31)32)29(37)33-25-21-19-10-8-6-4-2/h27H,3-26H2,1-2H3,(H,33,37)(H,35,36)(H4,31,32,34). The number of nitrogens with one attached hydrogen (secondary N) is 4. The van der Waals surface area contributed by atoms with E-state index >= 15 is 0 Å². The van der Waals surface area contributed by atoms with Crippen molar-refractivity contribution in [1.29, 1.82) is 5.41 Å². The minimum Gasteiger partial charge on any atom is -0.370 e. The van der Waals surface area contributed by atoms with E-state index in [1.54, 1.807) is 0 Å². The van der Waals surface area contributed by atoms with Gasteiger partial charge in [0.25, 0.3) is 0 Å². The van der Waals surface area contributed by atoms with Crippen molar-refractivity contribution in [3.8, 4) is 0 Å². The lowest BCUT2D eigenvalue weighted by molar-refractivity contribution is -0.129. The number of carbonyl (C=O) groups excluding carboxylic acids is 2. The van der Waals surface area contributed by atoms with E-state index < -0.39 is 6.04 Å². The van der Waals surface area contributed by atoms with Crippen LogP contribution in [0.4, 0.5) is 0 Å². The highest BCUT2D eigenvalue weighted by atomic mass is 16.2. The average Bonchev–Trinajstić information content (AvgIpc) is 2.87. The number of nitrogens with two attached hydrogens (primary N) is 1. The van der Waals surface area contributed by atoms with Gasteiger partial charge in [-0.3, -0.25) is 15.0 Å². The first-order chi connectivity index (χ1) is 18.0. The van der Waals surface area contributed by atoms with Gasteiger partial charge in [0.15, 0.2) is 5.96 Å². The highest BCUT2D eigenvalue weighted by Gasteiger charge is 2.19. The van der Waals surface area contributed by atoms with Gasteiger partial charge in [0.05, 0.1) is 0 Å². The first kappa shape index (κ1) is 35.2. The Morgan fingerprint density at radius 1 is 0.622 bits per heavy atom. The number of amides is 2. The van der Waals surface area contributed by atoms with Crippen molar-refractivity contribution in [1.82, 2.24) is 16.0 Å². The highest BCUT2D eigenvalue weighted by molar-refractivity contribution is 5.87. The zero-order chi connectivity index (χ0) is 27.4. The maximum atomic E-state index is 12.7. The van der Waals surface area contributed by atoms with Gasteiger partial charge in [-0.25, -0.2) is 0 Å². The zero-order valence-electron chi connectivity index (χ0n) is 24.4. The minimum absolute atomic E-state index is 0.0395. The molecule has 0 aliphatic rings. The van der Waals surface area contributed by atoms with Crippen LogP contribution in [-0.4, -0.2) is 36.9 Å². The first-order valence-electron chi connectivity index (χ1n) is 15.7. The van der Waals surface area contributed by atoms with E-state index in [1.807, 2.05) is 0 Å². The number of carbonyl (C=O) groups is 2. The molecule has 6 N–H and O–H groups in total. The van der Waals surface area contributed by atoms with Crippen LogP contribution in [0, 0.1) is 5.41 Å². The molecule has 218 valence electrons. The molecule has 1 atom stereocenters. The van der Waals surface area contributed by atoms with Crippen molar-refractivity contribution in [2.75, 3.05) is 13.1 Å². The van der Waals surface area contributed by atoms with E-state index in [1.165, 1.54) is 96.3 Å². The monoisotopic (exact) mass is 523 g/mol. The third-order valence-corrected chi connectivity index (χ3v) is 6.97. The Labute approximate surface area is 228 Å². The van der Waals surface area contributed by atoms with Crippen LogP contribution < -0.4 is 21.7 Å². The van der Waals surface area contributed by atoms with Gasteiger partial charge in [0.2, 0.25) is 11.8 Å². The van der Waals surface area contributed by atoms with Crippen LogP contribution in [-0.2, 0) is 9.59 Å². The molecule has 0 aliphatic carbocycles. The molecule has 37 heavy (non-hydrogen) atoms. The van der Waals surface area contributed by atoms with Crippen LogP contribution in [0.1, 0.15) is 155 Å². The second-order valence-corrected chi connectivity index (χ2v) is 10.7. The Hall–Kier alpha value is -1.79. The summed E-state index contributed by atoms with van der Waals surface area (Å²) in [6.07, 6.45) is 25.4. The molecule has 0 bridgehead atoms. The summed E-state index contributed by atoms with van der Waals surface area (Å²) in [5.41, 5.74) is 5.34. The molecule has 0 aromatic carbocycles. The van der Waals surface area contributed by atoms with Crippen LogP contribution in [0.15, 0.2) is 0 Å². The number of rotatable bonds is 27. The molecule has 1 unspecified atom stereocenters. The van der Waals surface area contributed by atoms with Gasteiger partial charge < -0.3 is 21.7 Å². The molecule has 0 aromatic rings. The molecule has 0 spiro atoms. The Kier molecular flexibility index (Phi) is 25.9. The maximum Gasteiger partial charge on any atom is 0.242 e. The molecule has 0 aromatic heterocycles. The molecule has 0 saturated carbocycles. The Bertz CT molecular complexity index is 556. The van der Waals surface area contributed by atoms with Gasteiger partial charge in [-0.05, 0) is 25.7 Å². The molecule has 0 fully saturated rings. The van der Waals surface area contributed by atoms with E-state index in [4.69, 9.17) is 11.1 Å². The SMILES string of the molecule is CCCCCCCCCCCCCCCC(=O)NC(CCCNC(=N)N)C(=O)NCCCCCCCC. The topological polar surface area (TPSA) is 120 Å². The van der Waals surface area contributed by atoms with Crippen molar-refractivity contribution >= 4 is 17.8 Å². The van der Waals surface area contributed by atoms with Gasteiger partial charge in [-0.2, -0.15) is 0 Å². The summed E-state index contributed by atoms with van der Waals surface area (Å²) >= 11 is 0. The second kappa shape index (κ2) is 27.3. The minimum atomic E-state index is -0.525. The number of unbranched alkanes of at least 4 members (excludes halogenated alkanes) is 17. The van der Waals surface area contributed by atoms with Gasteiger partial charge in [0.1, 0.15) is 6.04 Å². The normalized spacial score (nSPS) is 11.7. The molecule has 0 heterocycles. The van der Waals surface area contributed by atoms with E-state index in [2.05, 4.69) is 29.8 Å². The smallest absolute Gasteiger partial charge is 0.242 e. The fourth-order valence-electron chi connectivity index (χ4n) is 4.61. The number of hydrogen-bond acceptors (Lipinski definition) is 3. The zero-order valence-corrected chi connectivity index (χ0v) is 24.4. The van der Waals surface area contributed by atoms with Gasteiger partial charge in [0, 0.05) is 19.5 Å². The lowest BCUT2D eigenvalue weighted by Gasteiger charge is -2.19. The van der Waals surface area contributed by atoms with E-state index in [-0.39, 0.29) is 17.8 Å². The van der Waals surface area contributed by atoms with Crippen molar-refractivity contribution in [3.05, 3.63) is 0 Å². The largest absolute Gasteiger partial charge is 0.370 e. The summed E-state index contributed by atoms with van der Waals surface area (Å²) < 4.78 is 0. The summed E-state index contributed by atoms with van der Waals surface area (Å²) in [5, 5.41) is 16.0. The predicted molar refractivity (Wildman–Crippen MR) is 158 cm³/mol. The molecule has 7 heteroatoms. The average molecular weight is 524 g/mol. The summed E-state index contributed by atoms with van der Waals surface area (Å²) in [6, 6.07) is -0.525. The molecule has 0 rings (SSSR count). The first-order valence-corrected chi connectivity index (χ1v) is 15.7. The number of hydrogen-bond donors (Lipinski definition) is 5. The molecular weight excluding hydrogens is 462 g/mol. The third-order valence-electron chi connectivity index (χ3n) is 6.97. The van der Waals surface area contributed by atoms with Gasteiger partial charge >= 0.3 is 0 Å². The van der Waals surface area contributed by atoms with Crippen LogP contribution in [0.5, 0.6) is 0 Å². The summed E-state index contributed by atoms with van der Waals surface area (Å²) in [7, 11) is 0. The van der Waals surface area contributed by atoms with Gasteiger partial charge in [-0.1, -0.05) is 123 Å². The molecule has 0 aliphatic heterocycles. The summed E-state index contributed by atoms with van der Waals surface area (Å²) in [6.45, 7) is 5.64. The fourth-order valence-corrected chi connectivity index (χ4v) is 4.61. The van der Waals surface area contributed by atoms with Crippen molar-refractivity contribution in [2.45, 2.75) is 161 Å².